The first-order valence-electron chi connectivity index (χ1n) is 17.3. The SMILES string of the molecule is c1ccc(-c2ccc(N(c3cccc(-c4ccccc4)c3)c3cccc4c3-c3ccccc3C4(c3ccccc3)c3ccccc3)cc2)cc1. The summed E-state index contributed by atoms with van der Waals surface area (Å²) in [6.45, 7) is 0. The monoisotopic (exact) mass is 637 g/mol. The molecule has 8 aromatic carbocycles. The Morgan fingerprint density at radius 2 is 0.800 bits per heavy atom. The third-order valence-electron chi connectivity index (χ3n) is 10.1. The maximum Gasteiger partial charge on any atom is 0.0714 e. The lowest BCUT2D eigenvalue weighted by molar-refractivity contribution is 0.768. The van der Waals surface area contributed by atoms with Gasteiger partial charge in [0.1, 0.15) is 0 Å². The number of anilines is 3. The summed E-state index contributed by atoms with van der Waals surface area (Å²) in [5.74, 6) is 0. The quantitative estimate of drug-likeness (QED) is 0.168. The Balaban J connectivity index is 1.32. The van der Waals surface area contributed by atoms with E-state index in [0.717, 1.165) is 17.1 Å². The lowest BCUT2D eigenvalue weighted by Crippen LogP contribution is -2.28. The average Bonchev–Trinajstić information content (AvgIpc) is 3.51. The van der Waals surface area contributed by atoms with Gasteiger partial charge in [0.15, 0.2) is 0 Å². The van der Waals surface area contributed by atoms with Crippen molar-refractivity contribution in [3.63, 3.8) is 0 Å². The van der Waals surface area contributed by atoms with E-state index in [4.69, 9.17) is 0 Å². The van der Waals surface area contributed by atoms with E-state index >= 15 is 0 Å². The Morgan fingerprint density at radius 3 is 1.44 bits per heavy atom. The highest BCUT2D eigenvalue weighted by Crippen LogP contribution is 2.59. The van der Waals surface area contributed by atoms with Crippen LogP contribution in [0.4, 0.5) is 17.1 Å². The molecule has 0 saturated heterocycles. The van der Waals surface area contributed by atoms with Crippen LogP contribution >= 0.6 is 0 Å². The molecule has 1 aliphatic carbocycles. The molecular weight excluding hydrogens is 603 g/mol. The summed E-state index contributed by atoms with van der Waals surface area (Å²) in [5.41, 5.74) is 15.3. The molecule has 0 radical (unpaired) electrons. The molecule has 0 fully saturated rings. The normalized spacial score (nSPS) is 12.6. The first kappa shape index (κ1) is 29.7. The van der Waals surface area contributed by atoms with Crippen LogP contribution < -0.4 is 4.90 Å². The van der Waals surface area contributed by atoms with Crippen LogP contribution in [0, 0.1) is 0 Å². The molecular formula is C49H35N. The van der Waals surface area contributed by atoms with Crippen molar-refractivity contribution in [2.45, 2.75) is 5.41 Å². The fourth-order valence-corrected chi connectivity index (χ4v) is 7.98. The van der Waals surface area contributed by atoms with Crippen LogP contribution in [0.15, 0.2) is 212 Å². The van der Waals surface area contributed by atoms with Gasteiger partial charge in [0.05, 0.1) is 11.1 Å². The molecule has 0 amide bonds. The molecule has 0 unspecified atom stereocenters. The molecule has 8 aromatic rings. The Labute approximate surface area is 294 Å². The number of hydrogen-bond donors (Lipinski definition) is 0. The Hall–Kier alpha value is -6.44. The largest absolute Gasteiger partial charge is 0.310 e. The minimum Gasteiger partial charge on any atom is -0.310 e. The summed E-state index contributed by atoms with van der Waals surface area (Å²) >= 11 is 0. The summed E-state index contributed by atoms with van der Waals surface area (Å²) < 4.78 is 0. The number of fused-ring (bicyclic) bond motifs is 3. The van der Waals surface area contributed by atoms with Gasteiger partial charge in [-0.05, 0) is 80.4 Å². The van der Waals surface area contributed by atoms with Gasteiger partial charge in [-0.25, -0.2) is 0 Å². The van der Waals surface area contributed by atoms with E-state index in [2.05, 4.69) is 217 Å². The van der Waals surface area contributed by atoms with Gasteiger partial charge < -0.3 is 4.90 Å². The van der Waals surface area contributed by atoms with Gasteiger partial charge in [-0.1, -0.05) is 182 Å². The third kappa shape index (κ3) is 4.86. The molecule has 9 rings (SSSR count). The van der Waals surface area contributed by atoms with Crippen molar-refractivity contribution in [1.82, 2.24) is 0 Å². The van der Waals surface area contributed by atoms with Gasteiger partial charge in [-0.3, -0.25) is 0 Å². The van der Waals surface area contributed by atoms with Crippen LogP contribution in [0.3, 0.4) is 0 Å². The van der Waals surface area contributed by atoms with Crippen molar-refractivity contribution in [3.8, 4) is 33.4 Å². The fraction of sp³-hybridized carbons (Fsp3) is 0.0204. The van der Waals surface area contributed by atoms with E-state index in [1.165, 1.54) is 55.6 Å². The molecule has 0 aromatic heterocycles. The molecule has 50 heavy (non-hydrogen) atoms. The van der Waals surface area contributed by atoms with E-state index in [-0.39, 0.29) is 0 Å². The second-order valence-electron chi connectivity index (χ2n) is 12.9. The second-order valence-corrected chi connectivity index (χ2v) is 12.9. The van der Waals surface area contributed by atoms with Crippen molar-refractivity contribution >= 4 is 17.1 Å². The van der Waals surface area contributed by atoms with Crippen LogP contribution in [-0.4, -0.2) is 0 Å². The topological polar surface area (TPSA) is 3.24 Å². The van der Waals surface area contributed by atoms with Gasteiger partial charge in [-0.2, -0.15) is 0 Å². The zero-order chi connectivity index (χ0) is 33.3. The predicted molar refractivity (Wildman–Crippen MR) is 209 cm³/mol. The molecule has 0 N–H and O–H groups in total. The zero-order valence-corrected chi connectivity index (χ0v) is 27.7. The highest BCUT2D eigenvalue weighted by molar-refractivity contribution is 5.97. The van der Waals surface area contributed by atoms with Crippen molar-refractivity contribution in [1.29, 1.82) is 0 Å². The van der Waals surface area contributed by atoms with Crippen LogP contribution in [0.1, 0.15) is 22.3 Å². The highest BCUT2D eigenvalue weighted by Gasteiger charge is 2.47. The molecule has 0 atom stereocenters. The number of rotatable bonds is 7. The Kier molecular flexibility index (Phi) is 7.44. The lowest BCUT2D eigenvalue weighted by atomic mass is 9.68. The van der Waals surface area contributed by atoms with Crippen molar-refractivity contribution in [3.05, 3.63) is 235 Å². The summed E-state index contributed by atoms with van der Waals surface area (Å²) in [4.78, 5) is 2.45. The molecule has 0 aliphatic heterocycles. The second kappa shape index (κ2) is 12.5. The van der Waals surface area contributed by atoms with Gasteiger partial charge in [-0.15, -0.1) is 0 Å². The first-order chi connectivity index (χ1) is 24.8. The molecule has 236 valence electrons. The van der Waals surface area contributed by atoms with Gasteiger partial charge >= 0.3 is 0 Å². The summed E-state index contributed by atoms with van der Waals surface area (Å²) in [7, 11) is 0. The van der Waals surface area contributed by atoms with Gasteiger partial charge in [0.2, 0.25) is 0 Å². The fourth-order valence-electron chi connectivity index (χ4n) is 7.98. The Morgan fingerprint density at radius 1 is 0.320 bits per heavy atom. The van der Waals surface area contributed by atoms with Crippen molar-refractivity contribution < 1.29 is 0 Å². The minimum absolute atomic E-state index is 0.473. The van der Waals surface area contributed by atoms with Crippen LogP contribution in [0.25, 0.3) is 33.4 Å². The Bertz CT molecular complexity index is 2360. The van der Waals surface area contributed by atoms with E-state index in [1.807, 2.05) is 0 Å². The van der Waals surface area contributed by atoms with Crippen LogP contribution in [0.2, 0.25) is 0 Å². The number of benzene rings is 8. The summed E-state index contributed by atoms with van der Waals surface area (Å²) in [6, 6.07) is 77.1. The number of hydrogen-bond acceptors (Lipinski definition) is 1. The maximum atomic E-state index is 2.45. The smallest absolute Gasteiger partial charge is 0.0714 e. The van der Waals surface area contributed by atoms with E-state index in [9.17, 15) is 0 Å². The molecule has 0 saturated carbocycles. The molecule has 0 bridgehead atoms. The lowest BCUT2D eigenvalue weighted by Gasteiger charge is -2.34. The first-order valence-corrected chi connectivity index (χ1v) is 17.3. The van der Waals surface area contributed by atoms with Gasteiger partial charge in [0, 0.05) is 16.9 Å². The van der Waals surface area contributed by atoms with Crippen LogP contribution in [0.5, 0.6) is 0 Å². The molecule has 0 heterocycles. The number of nitrogens with zero attached hydrogens (tertiary/aromatic N) is 1. The molecule has 1 heteroatoms. The molecule has 0 spiro atoms. The van der Waals surface area contributed by atoms with Gasteiger partial charge in [0.25, 0.3) is 0 Å². The molecule has 1 aliphatic rings. The van der Waals surface area contributed by atoms with E-state index in [0.29, 0.717) is 0 Å². The summed E-state index contributed by atoms with van der Waals surface area (Å²) in [5, 5.41) is 0. The van der Waals surface area contributed by atoms with Crippen molar-refractivity contribution in [2.24, 2.45) is 0 Å². The predicted octanol–water partition coefficient (Wildman–Crippen LogP) is 12.9. The van der Waals surface area contributed by atoms with Crippen molar-refractivity contribution in [2.75, 3.05) is 4.90 Å². The minimum atomic E-state index is -0.473. The summed E-state index contributed by atoms with van der Waals surface area (Å²) in [6.07, 6.45) is 0. The average molecular weight is 638 g/mol. The highest BCUT2D eigenvalue weighted by atomic mass is 15.1. The zero-order valence-electron chi connectivity index (χ0n) is 27.7. The standard InChI is InChI=1S/C49H35N/c1-5-17-36(18-6-1)38-31-33-42(34-32-38)50(43-26-15-21-39(35-43)37-19-7-2-8-20-37)47-30-16-29-46-48(47)44-27-13-14-28-45(44)49(46,40-22-9-3-10-23-40)41-24-11-4-12-25-41/h1-35H. The van der Waals surface area contributed by atoms with Crippen LogP contribution in [-0.2, 0) is 5.41 Å². The van der Waals surface area contributed by atoms with E-state index < -0.39 is 5.41 Å². The maximum absolute atomic E-state index is 2.45. The van der Waals surface area contributed by atoms with E-state index in [1.54, 1.807) is 0 Å². The third-order valence-corrected chi connectivity index (χ3v) is 10.1. The molecule has 1 nitrogen and oxygen atoms in total.